The summed E-state index contributed by atoms with van der Waals surface area (Å²) in [5.41, 5.74) is 0. The summed E-state index contributed by atoms with van der Waals surface area (Å²) >= 11 is 0. The van der Waals surface area contributed by atoms with Crippen LogP contribution in [0, 0.1) is 17.8 Å². The zero-order chi connectivity index (χ0) is 9.42. The van der Waals surface area contributed by atoms with Crippen LogP contribution in [-0.4, -0.2) is 30.2 Å². The molecule has 0 bridgehead atoms. The SMILES string of the molecule is CC(=O)[C@H]1C[C@@H](CO)[C@H](C2CO2)C1. The minimum absolute atomic E-state index is 0.173. The Balaban J connectivity index is 1.98. The molecule has 0 aromatic rings. The number of Topliss-reactive ketones (excluding diaryl/α,β-unsaturated/α-hetero) is 1. The first-order valence-electron chi connectivity index (χ1n) is 4.95. The number of hydrogen-bond donors (Lipinski definition) is 1. The maximum atomic E-state index is 11.2. The second kappa shape index (κ2) is 3.39. The van der Waals surface area contributed by atoms with Crippen LogP contribution in [0.25, 0.3) is 0 Å². The Morgan fingerprint density at radius 3 is 2.69 bits per heavy atom. The molecule has 2 rings (SSSR count). The van der Waals surface area contributed by atoms with E-state index in [9.17, 15) is 4.79 Å². The molecule has 1 saturated carbocycles. The molecule has 3 nitrogen and oxygen atoms in total. The molecule has 0 amide bonds. The van der Waals surface area contributed by atoms with Gasteiger partial charge in [0.1, 0.15) is 5.78 Å². The van der Waals surface area contributed by atoms with Crippen LogP contribution in [0.2, 0.25) is 0 Å². The first-order chi connectivity index (χ1) is 6.22. The van der Waals surface area contributed by atoms with Gasteiger partial charge in [-0.2, -0.15) is 0 Å². The van der Waals surface area contributed by atoms with Crippen molar-refractivity contribution in [3.63, 3.8) is 0 Å². The molecule has 1 aliphatic carbocycles. The van der Waals surface area contributed by atoms with E-state index in [-0.39, 0.29) is 18.3 Å². The van der Waals surface area contributed by atoms with Gasteiger partial charge in [0.15, 0.2) is 0 Å². The van der Waals surface area contributed by atoms with Crippen LogP contribution in [-0.2, 0) is 9.53 Å². The highest BCUT2D eigenvalue weighted by Gasteiger charge is 2.45. The molecule has 1 unspecified atom stereocenters. The number of hydrogen-bond acceptors (Lipinski definition) is 3. The van der Waals surface area contributed by atoms with Gasteiger partial charge in [0, 0.05) is 12.5 Å². The standard InChI is InChI=1S/C10H16O3/c1-6(12)7-2-8(4-11)9(3-7)10-5-13-10/h7-11H,2-5H2,1H3/t7-,8-,9+,10?/m0/s1. The maximum Gasteiger partial charge on any atom is 0.132 e. The second-order valence-electron chi connectivity index (χ2n) is 4.26. The lowest BCUT2D eigenvalue weighted by atomic mass is 9.94. The van der Waals surface area contributed by atoms with Crippen molar-refractivity contribution in [2.45, 2.75) is 25.9 Å². The van der Waals surface area contributed by atoms with Gasteiger partial charge in [0.05, 0.1) is 12.7 Å². The molecule has 1 heterocycles. The largest absolute Gasteiger partial charge is 0.396 e. The Labute approximate surface area is 78.1 Å². The van der Waals surface area contributed by atoms with Crippen molar-refractivity contribution in [3.8, 4) is 0 Å². The highest BCUT2D eigenvalue weighted by molar-refractivity contribution is 5.78. The van der Waals surface area contributed by atoms with Gasteiger partial charge in [0.2, 0.25) is 0 Å². The van der Waals surface area contributed by atoms with Gasteiger partial charge in [-0.1, -0.05) is 0 Å². The Morgan fingerprint density at radius 1 is 1.54 bits per heavy atom. The lowest BCUT2D eigenvalue weighted by Gasteiger charge is -2.13. The predicted octanol–water partition coefficient (Wildman–Crippen LogP) is 0.609. The average molecular weight is 184 g/mol. The van der Waals surface area contributed by atoms with E-state index in [1.165, 1.54) is 0 Å². The molecule has 3 heteroatoms. The van der Waals surface area contributed by atoms with Crippen molar-refractivity contribution in [1.29, 1.82) is 0 Å². The number of aliphatic hydroxyl groups is 1. The summed E-state index contributed by atoms with van der Waals surface area (Å²) in [6, 6.07) is 0. The third-order valence-corrected chi connectivity index (χ3v) is 3.40. The van der Waals surface area contributed by atoms with Crippen molar-refractivity contribution in [1.82, 2.24) is 0 Å². The van der Waals surface area contributed by atoms with Crippen LogP contribution in [0.5, 0.6) is 0 Å². The maximum absolute atomic E-state index is 11.2. The highest BCUT2D eigenvalue weighted by Crippen LogP contribution is 2.42. The first-order valence-corrected chi connectivity index (χ1v) is 4.95. The van der Waals surface area contributed by atoms with Crippen LogP contribution < -0.4 is 0 Å². The Kier molecular flexibility index (Phi) is 2.39. The number of ketones is 1. The number of rotatable bonds is 3. The molecule has 1 N–H and O–H groups in total. The number of epoxide rings is 1. The van der Waals surface area contributed by atoms with E-state index in [4.69, 9.17) is 9.84 Å². The summed E-state index contributed by atoms with van der Waals surface area (Å²) in [5, 5.41) is 9.15. The van der Waals surface area contributed by atoms with Crippen molar-refractivity contribution in [2.24, 2.45) is 17.8 Å². The molecular formula is C10H16O3. The van der Waals surface area contributed by atoms with Crippen molar-refractivity contribution in [3.05, 3.63) is 0 Å². The molecule has 0 radical (unpaired) electrons. The van der Waals surface area contributed by atoms with E-state index in [1.807, 2.05) is 0 Å². The summed E-state index contributed by atoms with van der Waals surface area (Å²) in [4.78, 5) is 11.2. The third-order valence-electron chi connectivity index (χ3n) is 3.40. The number of ether oxygens (including phenoxy) is 1. The average Bonchev–Trinajstić information content (AvgIpc) is 2.84. The fourth-order valence-corrected chi connectivity index (χ4v) is 2.46. The van der Waals surface area contributed by atoms with Crippen LogP contribution in [0.15, 0.2) is 0 Å². The zero-order valence-electron chi connectivity index (χ0n) is 7.90. The van der Waals surface area contributed by atoms with E-state index in [1.54, 1.807) is 6.92 Å². The Hall–Kier alpha value is -0.410. The van der Waals surface area contributed by atoms with Gasteiger partial charge in [0.25, 0.3) is 0 Å². The fraction of sp³-hybridized carbons (Fsp3) is 0.900. The fourth-order valence-electron chi connectivity index (χ4n) is 2.46. The Morgan fingerprint density at radius 2 is 2.23 bits per heavy atom. The molecule has 1 saturated heterocycles. The minimum atomic E-state index is 0.173. The molecule has 0 spiro atoms. The lowest BCUT2D eigenvalue weighted by molar-refractivity contribution is -0.120. The molecule has 13 heavy (non-hydrogen) atoms. The summed E-state index contributed by atoms with van der Waals surface area (Å²) in [7, 11) is 0. The highest BCUT2D eigenvalue weighted by atomic mass is 16.6. The molecule has 0 aromatic carbocycles. The summed E-state index contributed by atoms with van der Waals surface area (Å²) in [6.07, 6.45) is 2.11. The summed E-state index contributed by atoms with van der Waals surface area (Å²) in [6.45, 7) is 2.68. The number of carbonyl (C=O) groups is 1. The molecular weight excluding hydrogens is 168 g/mol. The van der Waals surface area contributed by atoms with Crippen LogP contribution in [0.1, 0.15) is 19.8 Å². The summed E-state index contributed by atoms with van der Waals surface area (Å²) in [5.74, 6) is 1.16. The quantitative estimate of drug-likeness (QED) is 0.654. The zero-order valence-corrected chi connectivity index (χ0v) is 7.90. The predicted molar refractivity (Wildman–Crippen MR) is 47.2 cm³/mol. The molecule has 74 valence electrons. The van der Waals surface area contributed by atoms with Gasteiger partial charge in [-0.15, -0.1) is 0 Å². The lowest BCUT2D eigenvalue weighted by Crippen LogP contribution is -2.17. The Bertz CT molecular complexity index is 210. The molecule has 0 aromatic heterocycles. The number of carbonyl (C=O) groups excluding carboxylic acids is 1. The van der Waals surface area contributed by atoms with Crippen LogP contribution in [0.4, 0.5) is 0 Å². The van der Waals surface area contributed by atoms with Crippen LogP contribution in [0.3, 0.4) is 0 Å². The summed E-state index contributed by atoms with van der Waals surface area (Å²) < 4.78 is 5.23. The molecule has 2 aliphatic rings. The van der Waals surface area contributed by atoms with E-state index in [0.717, 1.165) is 19.4 Å². The minimum Gasteiger partial charge on any atom is -0.396 e. The van der Waals surface area contributed by atoms with E-state index >= 15 is 0 Å². The molecule has 2 fully saturated rings. The number of aliphatic hydroxyl groups excluding tert-OH is 1. The van der Waals surface area contributed by atoms with E-state index in [0.29, 0.717) is 17.9 Å². The van der Waals surface area contributed by atoms with Crippen molar-refractivity contribution >= 4 is 5.78 Å². The van der Waals surface area contributed by atoms with Gasteiger partial charge in [-0.3, -0.25) is 4.79 Å². The molecule has 4 atom stereocenters. The van der Waals surface area contributed by atoms with Gasteiger partial charge >= 0.3 is 0 Å². The smallest absolute Gasteiger partial charge is 0.132 e. The van der Waals surface area contributed by atoms with Crippen LogP contribution >= 0.6 is 0 Å². The monoisotopic (exact) mass is 184 g/mol. The third kappa shape index (κ3) is 1.76. The van der Waals surface area contributed by atoms with E-state index < -0.39 is 0 Å². The normalized spacial score (nSPS) is 43.5. The second-order valence-corrected chi connectivity index (χ2v) is 4.26. The van der Waals surface area contributed by atoms with Gasteiger partial charge in [-0.05, 0) is 31.6 Å². The first kappa shape index (κ1) is 9.16. The van der Waals surface area contributed by atoms with Gasteiger partial charge < -0.3 is 9.84 Å². The topological polar surface area (TPSA) is 49.8 Å². The van der Waals surface area contributed by atoms with Crippen molar-refractivity contribution < 1.29 is 14.6 Å². The van der Waals surface area contributed by atoms with E-state index in [2.05, 4.69) is 0 Å². The van der Waals surface area contributed by atoms with Crippen molar-refractivity contribution in [2.75, 3.05) is 13.2 Å². The molecule has 1 aliphatic heterocycles. The van der Waals surface area contributed by atoms with Gasteiger partial charge in [-0.25, -0.2) is 0 Å².